The van der Waals surface area contributed by atoms with Crippen LogP contribution >= 0.6 is 23.2 Å². The molecule has 0 aliphatic heterocycles. The first-order valence-corrected chi connectivity index (χ1v) is 10.5. The lowest BCUT2D eigenvalue weighted by molar-refractivity contribution is -0.154. The molecule has 0 saturated heterocycles. The van der Waals surface area contributed by atoms with Gasteiger partial charge in [0.25, 0.3) is 5.76 Å². The summed E-state index contributed by atoms with van der Waals surface area (Å²) in [6, 6.07) is 13.1. The number of methoxy groups -OCH3 is 1. The first-order valence-electron chi connectivity index (χ1n) is 9.74. The Morgan fingerprint density at radius 1 is 0.914 bits per heavy atom. The van der Waals surface area contributed by atoms with Gasteiger partial charge in [0.1, 0.15) is 22.8 Å². The minimum atomic E-state index is -5.06. The van der Waals surface area contributed by atoms with Crippen LogP contribution in [0.5, 0.6) is 23.0 Å². The predicted octanol–water partition coefficient (Wildman–Crippen LogP) is 7.14. The van der Waals surface area contributed by atoms with Crippen LogP contribution in [0.1, 0.15) is 16.1 Å². The molecule has 0 N–H and O–H groups in total. The quantitative estimate of drug-likeness (QED) is 0.204. The molecule has 0 aliphatic rings. The molecule has 180 valence electrons. The number of ether oxygens (including phenoxy) is 3. The number of carbonyl (C=O) groups excluding carboxylic acids is 1. The smallest absolute Gasteiger partial charge is 0.453 e. The van der Waals surface area contributed by atoms with Gasteiger partial charge >= 0.3 is 12.1 Å². The van der Waals surface area contributed by atoms with Crippen LogP contribution in [0.4, 0.5) is 13.2 Å². The van der Waals surface area contributed by atoms with Crippen molar-refractivity contribution in [1.82, 2.24) is 0 Å². The van der Waals surface area contributed by atoms with Crippen LogP contribution < -0.4 is 19.6 Å². The van der Waals surface area contributed by atoms with Crippen LogP contribution in [0.15, 0.2) is 69.9 Å². The fourth-order valence-electron chi connectivity index (χ4n) is 3.08. The second-order valence-electron chi connectivity index (χ2n) is 7.04. The molecule has 4 rings (SSSR count). The number of benzene rings is 3. The molecular weight excluding hydrogens is 512 g/mol. The zero-order valence-electron chi connectivity index (χ0n) is 17.6. The number of rotatable bonds is 5. The lowest BCUT2D eigenvalue weighted by atomic mass is 10.2. The van der Waals surface area contributed by atoms with Crippen molar-refractivity contribution < 1.29 is 36.6 Å². The van der Waals surface area contributed by atoms with Gasteiger partial charge in [0.2, 0.25) is 11.2 Å². The van der Waals surface area contributed by atoms with Crippen molar-refractivity contribution in [1.29, 1.82) is 0 Å². The van der Waals surface area contributed by atoms with Crippen LogP contribution in [0.3, 0.4) is 0 Å². The van der Waals surface area contributed by atoms with Gasteiger partial charge in [0, 0.05) is 11.1 Å². The molecule has 0 fully saturated rings. The highest BCUT2D eigenvalue weighted by molar-refractivity contribution is 6.36. The Labute approximate surface area is 205 Å². The second kappa shape index (κ2) is 9.52. The third-order valence-corrected chi connectivity index (χ3v) is 5.27. The van der Waals surface area contributed by atoms with Gasteiger partial charge in [-0.2, -0.15) is 13.2 Å². The number of fused-ring (bicyclic) bond motifs is 1. The number of halogens is 5. The number of alkyl halides is 3. The predicted molar refractivity (Wildman–Crippen MR) is 122 cm³/mol. The van der Waals surface area contributed by atoms with E-state index in [4.69, 9.17) is 41.8 Å². The summed E-state index contributed by atoms with van der Waals surface area (Å²) >= 11 is 11.8. The Bertz CT molecular complexity index is 1480. The van der Waals surface area contributed by atoms with Crippen LogP contribution in [-0.4, -0.2) is 13.1 Å². The fourth-order valence-corrected chi connectivity index (χ4v) is 3.56. The van der Waals surface area contributed by atoms with Crippen molar-refractivity contribution in [3.63, 3.8) is 0 Å². The summed E-state index contributed by atoms with van der Waals surface area (Å²) in [4.78, 5) is 25.3. The molecule has 4 aromatic rings. The minimum Gasteiger partial charge on any atom is -0.497 e. The molecule has 35 heavy (non-hydrogen) atoms. The summed E-state index contributed by atoms with van der Waals surface area (Å²) in [5.74, 6) is -3.32. The van der Waals surface area contributed by atoms with E-state index in [2.05, 4.69) is 0 Å². The highest BCUT2D eigenvalue weighted by atomic mass is 35.5. The van der Waals surface area contributed by atoms with Crippen molar-refractivity contribution in [2.24, 2.45) is 0 Å². The first kappa shape index (κ1) is 24.4. The Kier molecular flexibility index (Phi) is 6.64. The van der Waals surface area contributed by atoms with E-state index < -0.39 is 34.7 Å². The zero-order chi connectivity index (χ0) is 25.3. The van der Waals surface area contributed by atoms with E-state index in [0.717, 1.165) is 12.1 Å². The second-order valence-corrected chi connectivity index (χ2v) is 7.88. The average molecular weight is 525 g/mol. The standard InChI is InChI=1S/C24H13Cl2F3O6/c1-32-13-3-5-14(6-4-13)33-21-20(30)17-9-7-15(11-19(17)35-22(21)24(27,28)29)34-23(31)16-8-2-12(25)10-18(16)26/h2-11H,1H3. The molecule has 0 unspecified atom stereocenters. The monoisotopic (exact) mass is 524 g/mol. The molecule has 1 aromatic heterocycles. The molecule has 0 spiro atoms. The van der Waals surface area contributed by atoms with Crippen LogP contribution in [0.2, 0.25) is 10.0 Å². The van der Waals surface area contributed by atoms with Gasteiger partial charge in [0.15, 0.2) is 0 Å². The van der Waals surface area contributed by atoms with Gasteiger partial charge in [0.05, 0.1) is 23.1 Å². The third kappa shape index (κ3) is 5.21. The highest BCUT2D eigenvalue weighted by Crippen LogP contribution is 2.39. The highest BCUT2D eigenvalue weighted by Gasteiger charge is 2.40. The maximum absolute atomic E-state index is 13.7. The van der Waals surface area contributed by atoms with Crippen molar-refractivity contribution in [3.05, 3.63) is 92.3 Å². The topological polar surface area (TPSA) is 75.0 Å². The zero-order valence-corrected chi connectivity index (χ0v) is 19.1. The van der Waals surface area contributed by atoms with Gasteiger partial charge < -0.3 is 18.6 Å². The summed E-state index contributed by atoms with van der Waals surface area (Å²) in [6.45, 7) is 0. The van der Waals surface area contributed by atoms with E-state index in [1.165, 1.54) is 55.6 Å². The van der Waals surface area contributed by atoms with Crippen LogP contribution in [-0.2, 0) is 6.18 Å². The number of hydrogen-bond acceptors (Lipinski definition) is 6. The molecule has 0 radical (unpaired) electrons. The molecule has 1 heterocycles. The number of esters is 1. The van der Waals surface area contributed by atoms with Gasteiger partial charge in [-0.3, -0.25) is 4.79 Å². The van der Waals surface area contributed by atoms with Crippen molar-refractivity contribution >= 4 is 40.1 Å². The SMILES string of the molecule is COc1ccc(Oc2c(C(F)(F)F)oc3cc(OC(=O)c4ccc(Cl)cc4Cl)ccc3c2=O)cc1. The Morgan fingerprint density at radius 3 is 2.20 bits per heavy atom. The normalized spacial score (nSPS) is 11.4. The van der Waals surface area contributed by atoms with Crippen molar-refractivity contribution in [3.8, 4) is 23.0 Å². The molecule has 0 saturated carbocycles. The lowest BCUT2D eigenvalue weighted by Crippen LogP contribution is -2.15. The Morgan fingerprint density at radius 2 is 1.57 bits per heavy atom. The number of carbonyl (C=O) groups is 1. The van der Waals surface area contributed by atoms with Gasteiger partial charge in [-0.15, -0.1) is 0 Å². The van der Waals surface area contributed by atoms with Crippen molar-refractivity contribution in [2.45, 2.75) is 6.18 Å². The van der Waals surface area contributed by atoms with Crippen LogP contribution in [0.25, 0.3) is 11.0 Å². The van der Waals surface area contributed by atoms with Gasteiger partial charge in [-0.25, -0.2) is 4.79 Å². The number of hydrogen-bond donors (Lipinski definition) is 0. The summed E-state index contributed by atoms with van der Waals surface area (Å²) in [5, 5.41) is 0.103. The lowest BCUT2D eigenvalue weighted by Gasteiger charge is -2.14. The first-order chi connectivity index (χ1) is 16.6. The van der Waals surface area contributed by atoms with E-state index >= 15 is 0 Å². The maximum atomic E-state index is 13.7. The van der Waals surface area contributed by atoms with Gasteiger partial charge in [-0.1, -0.05) is 23.2 Å². The van der Waals surface area contributed by atoms with E-state index in [1.807, 2.05) is 0 Å². The molecule has 3 aromatic carbocycles. The summed E-state index contributed by atoms with van der Waals surface area (Å²) in [5.41, 5.74) is -1.54. The van der Waals surface area contributed by atoms with E-state index in [-0.39, 0.29) is 27.5 Å². The molecule has 0 amide bonds. The van der Waals surface area contributed by atoms with E-state index in [1.54, 1.807) is 0 Å². The molecule has 0 atom stereocenters. The molecule has 11 heteroatoms. The van der Waals surface area contributed by atoms with Crippen LogP contribution in [0, 0.1) is 0 Å². The van der Waals surface area contributed by atoms with E-state index in [9.17, 15) is 22.8 Å². The minimum absolute atomic E-state index is 0.0168. The molecule has 0 bridgehead atoms. The molecule has 0 aliphatic carbocycles. The summed E-state index contributed by atoms with van der Waals surface area (Å²) in [7, 11) is 1.42. The van der Waals surface area contributed by atoms with Gasteiger partial charge in [-0.05, 0) is 54.6 Å². The largest absolute Gasteiger partial charge is 0.497 e. The van der Waals surface area contributed by atoms with E-state index in [0.29, 0.717) is 10.8 Å². The Balaban J connectivity index is 1.73. The fraction of sp³-hybridized carbons (Fsp3) is 0.0833. The molecule has 6 nitrogen and oxygen atoms in total. The maximum Gasteiger partial charge on any atom is 0.453 e. The average Bonchev–Trinajstić information content (AvgIpc) is 2.80. The third-order valence-electron chi connectivity index (χ3n) is 4.72. The molecular formula is C24H13Cl2F3O6. The Hall–Kier alpha value is -3.69. The summed E-state index contributed by atoms with van der Waals surface area (Å²) < 4.78 is 61.7. The van der Waals surface area contributed by atoms with Crippen molar-refractivity contribution in [2.75, 3.05) is 7.11 Å². The summed E-state index contributed by atoms with van der Waals surface area (Å²) in [6.07, 6.45) is -5.06.